The van der Waals surface area contributed by atoms with Gasteiger partial charge in [-0.3, -0.25) is 0 Å². The van der Waals surface area contributed by atoms with Gasteiger partial charge in [0.2, 0.25) is 5.89 Å². The van der Waals surface area contributed by atoms with Crippen LogP contribution in [0.2, 0.25) is 0 Å². The lowest BCUT2D eigenvalue weighted by Gasteiger charge is -2.00. The number of nitrogens with zero attached hydrogens (tertiary/aromatic N) is 1. The van der Waals surface area contributed by atoms with Gasteiger partial charge < -0.3 is 10.2 Å². The molecule has 0 aliphatic carbocycles. The van der Waals surface area contributed by atoms with E-state index >= 15 is 0 Å². The van der Waals surface area contributed by atoms with Crippen molar-refractivity contribution >= 4 is 11.1 Å². The molecule has 4 heteroatoms. The lowest BCUT2D eigenvalue weighted by atomic mass is 10.1. The van der Waals surface area contributed by atoms with Crippen molar-refractivity contribution in [3.63, 3.8) is 0 Å². The summed E-state index contributed by atoms with van der Waals surface area (Å²) in [6.45, 7) is 2.16. The van der Waals surface area contributed by atoms with E-state index in [9.17, 15) is 4.39 Å². The van der Waals surface area contributed by atoms with Crippen molar-refractivity contribution in [3.8, 4) is 11.5 Å². The number of aryl methyl sites for hydroxylation is 1. The van der Waals surface area contributed by atoms with Crippen LogP contribution < -0.4 is 5.73 Å². The van der Waals surface area contributed by atoms with Crippen LogP contribution in [0, 0.1) is 12.7 Å². The molecular formula is C15H13FN2O. The van der Waals surface area contributed by atoms with Gasteiger partial charge in [0.15, 0.2) is 5.58 Å². The molecule has 3 rings (SSSR count). The normalized spacial score (nSPS) is 11.1. The first-order valence-electron chi connectivity index (χ1n) is 6.03. The minimum absolute atomic E-state index is 0.179. The van der Waals surface area contributed by atoms with E-state index in [1.54, 1.807) is 12.1 Å². The topological polar surface area (TPSA) is 52.0 Å². The molecule has 0 aliphatic heterocycles. The van der Waals surface area contributed by atoms with Gasteiger partial charge in [-0.05, 0) is 36.8 Å². The Morgan fingerprint density at radius 1 is 1.21 bits per heavy atom. The summed E-state index contributed by atoms with van der Waals surface area (Å²) in [4.78, 5) is 4.36. The van der Waals surface area contributed by atoms with Gasteiger partial charge in [0, 0.05) is 17.7 Å². The van der Waals surface area contributed by atoms with Crippen LogP contribution in [-0.4, -0.2) is 4.98 Å². The minimum atomic E-state index is -0.335. The fourth-order valence-corrected chi connectivity index (χ4v) is 2.00. The van der Waals surface area contributed by atoms with Crippen LogP contribution in [0.25, 0.3) is 22.6 Å². The number of halogens is 1. The molecule has 0 amide bonds. The Kier molecular flexibility index (Phi) is 2.80. The zero-order valence-electron chi connectivity index (χ0n) is 10.5. The lowest BCUT2D eigenvalue weighted by molar-refractivity contribution is 0.602. The van der Waals surface area contributed by atoms with E-state index in [1.807, 2.05) is 25.1 Å². The third-order valence-electron chi connectivity index (χ3n) is 3.06. The zero-order valence-corrected chi connectivity index (χ0v) is 10.5. The Balaban J connectivity index is 2.11. The van der Waals surface area contributed by atoms with E-state index < -0.39 is 0 Å². The van der Waals surface area contributed by atoms with Crippen LogP contribution in [0.3, 0.4) is 0 Å². The third-order valence-corrected chi connectivity index (χ3v) is 3.06. The molecule has 0 fully saturated rings. The molecule has 1 heterocycles. The molecule has 0 aliphatic rings. The summed E-state index contributed by atoms with van der Waals surface area (Å²) in [6.07, 6.45) is 0. The van der Waals surface area contributed by atoms with Crippen LogP contribution >= 0.6 is 0 Å². The van der Waals surface area contributed by atoms with Crippen molar-refractivity contribution in [2.24, 2.45) is 5.73 Å². The Labute approximate surface area is 109 Å². The number of oxazole rings is 1. The number of hydrogen-bond donors (Lipinski definition) is 1. The highest BCUT2D eigenvalue weighted by Crippen LogP contribution is 2.26. The molecule has 96 valence electrons. The molecule has 19 heavy (non-hydrogen) atoms. The summed E-state index contributed by atoms with van der Waals surface area (Å²) in [5, 5.41) is 0. The van der Waals surface area contributed by atoms with Crippen LogP contribution in [0.4, 0.5) is 4.39 Å². The van der Waals surface area contributed by atoms with Gasteiger partial charge in [-0.1, -0.05) is 12.1 Å². The molecular weight excluding hydrogens is 243 g/mol. The van der Waals surface area contributed by atoms with E-state index in [0.717, 1.165) is 11.1 Å². The minimum Gasteiger partial charge on any atom is -0.436 e. The molecule has 0 saturated carbocycles. The third kappa shape index (κ3) is 2.11. The van der Waals surface area contributed by atoms with Gasteiger partial charge >= 0.3 is 0 Å². The first kappa shape index (κ1) is 11.9. The van der Waals surface area contributed by atoms with Crippen molar-refractivity contribution < 1.29 is 8.81 Å². The highest BCUT2D eigenvalue weighted by Gasteiger charge is 2.10. The van der Waals surface area contributed by atoms with Gasteiger partial charge in [-0.2, -0.15) is 0 Å². The maximum atomic E-state index is 13.7. The second-order valence-corrected chi connectivity index (χ2v) is 4.50. The summed E-state index contributed by atoms with van der Waals surface area (Å²) in [5.41, 5.74) is 9.11. The summed E-state index contributed by atoms with van der Waals surface area (Å²) in [5.74, 6) is 0.0847. The molecule has 0 spiro atoms. The van der Waals surface area contributed by atoms with Crippen molar-refractivity contribution in [2.75, 3.05) is 0 Å². The molecule has 0 radical (unpaired) electrons. The fraction of sp³-hybridized carbons (Fsp3) is 0.133. The number of hydrogen-bond acceptors (Lipinski definition) is 3. The predicted octanol–water partition coefficient (Wildman–Crippen LogP) is 3.40. The second kappa shape index (κ2) is 4.48. The standard InChI is InChI=1S/C15H13FN2O/c1-9-2-5-13-14(6-9)19-15(18-13)10-3-4-11(8-17)12(16)7-10/h2-7H,8,17H2,1H3. The summed E-state index contributed by atoms with van der Waals surface area (Å²) in [7, 11) is 0. The number of aromatic nitrogens is 1. The maximum Gasteiger partial charge on any atom is 0.227 e. The first-order valence-corrected chi connectivity index (χ1v) is 6.03. The molecule has 0 saturated heterocycles. The first-order chi connectivity index (χ1) is 9.17. The maximum absolute atomic E-state index is 13.7. The van der Waals surface area contributed by atoms with Crippen molar-refractivity contribution in [1.29, 1.82) is 0 Å². The highest BCUT2D eigenvalue weighted by atomic mass is 19.1. The van der Waals surface area contributed by atoms with Gasteiger partial charge in [-0.25, -0.2) is 9.37 Å². The SMILES string of the molecule is Cc1ccc2nc(-c3ccc(CN)c(F)c3)oc2c1. The smallest absolute Gasteiger partial charge is 0.227 e. The molecule has 2 aromatic carbocycles. The monoisotopic (exact) mass is 256 g/mol. The predicted molar refractivity (Wildman–Crippen MR) is 72.0 cm³/mol. The number of fused-ring (bicyclic) bond motifs is 1. The molecule has 2 N–H and O–H groups in total. The lowest BCUT2D eigenvalue weighted by Crippen LogP contribution is -1.99. The second-order valence-electron chi connectivity index (χ2n) is 4.50. The molecule has 3 nitrogen and oxygen atoms in total. The highest BCUT2D eigenvalue weighted by molar-refractivity contribution is 5.76. The molecule has 1 aromatic heterocycles. The average molecular weight is 256 g/mol. The van der Waals surface area contributed by atoms with Gasteiger partial charge in [0.25, 0.3) is 0 Å². The Bertz CT molecular complexity index is 749. The van der Waals surface area contributed by atoms with Crippen molar-refractivity contribution in [2.45, 2.75) is 13.5 Å². The van der Waals surface area contributed by atoms with E-state index in [2.05, 4.69) is 4.98 Å². The van der Waals surface area contributed by atoms with E-state index in [1.165, 1.54) is 6.07 Å². The Morgan fingerprint density at radius 3 is 2.79 bits per heavy atom. The molecule has 0 unspecified atom stereocenters. The quantitative estimate of drug-likeness (QED) is 0.764. The van der Waals surface area contributed by atoms with Crippen LogP contribution in [0.5, 0.6) is 0 Å². The van der Waals surface area contributed by atoms with Gasteiger partial charge in [0.1, 0.15) is 11.3 Å². The average Bonchev–Trinajstić information content (AvgIpc) is 2.81. The van der Waals surface area contributed by atoms with Crippen LogP contribution in [0.15, 0.2) is 40.8 Å². The number of rotatable bonds is 2. The molecule has 0 atom stereocenters. The van der Waals surface area contributed by atoms with Crippen molar-refractivity contribution in [3.05, 3.63) is 53.3 Å². The Hall–Kier alpha value is -2.20. The summed E-state index contributed by atoms with van der Waals surface area (Å²) in [6, 6.07) is 10.6. The fourth-order valence-electron chi connectivity index (χ4n) is 2.00. The van der Waals surface area contributed by atoms with Gasteiger partial charge in [-0.15, -0.1) is 0 Å². The number of benzene rings is 2. The summed E-state index contributed by atoms with van der Waals surface area (Å²) >= 11 is 0. The summed E-state index contributed by atoms with van der Waals surface area (Å²) < 4.78 is 19.4. The van der Waals surface area contributed by atoms with Gasteiger partial charge in [0.05, 0.1) is 0 Å². The molecule has 3 aromatic rings. The van der Waals surface area contributed by atoms with E-state index in [4.69, 9.17) is 10.2 Å². The largest absolute Gasteiger partial charge is 0.436 e. The van der Waals surface area contributed by atoms with E-state index in [0.29, 0.717) is 22.6 Å². The molecule has 0 bridgehead atoms. The number of nitrogens with two attached hydrogens (primary N) is 1. The Morgan fingerprint density at radius 2 is 2.05 bits per heavy atom. The van der Waals surface area contributed by atoms with Crippen LogP contribution in [-0.2, 0) is 6.54 Å². The van der Waals surface area contributed by atoms with Crippen LogP contribution in [0.1, 0.15) is 11.1 Å². The zero-order chi connectivity index (χ0) is 13.4. The van der Waals surface area contributed by atoms with Crippen molar-refractivity contribution in [1.82, 2.24) is 4.98 Å². The van der Waals surface area contributed by atoms with E-state index in [-0.39, 0.29) is 12.4 Å².